The number of nitrogens with zero attached hydrogens (tertiary/aromatic N) is 4. The van der Waals surface area contributed by atoms with Gasteiger partial charge in [0.2, 0.25) is 11.6 Å². The summed E-state index contributed by atoms with van der Waals surface area (Å²) in [4.78, 5) is 44.8. The standard InChI is InChI=1S/C20H23N5O5/c1-3-30-20(27)14-7-9-24(10-8-14)19-17(25(28)29)18(21-12-22-19)23-16-6-4-5-15(11-16)13(2)26/h4-6,11-12,14H,3,7-10H2,1-2H3,(H,21,22,23). The molecule has 0 radical (unpaired) electrons. The average Bonchev–Trinajstić information content (AvgIpc) is 2.74. The van der Waals surface area contributed by atoms with Gasteiger partial charge in [-0.2, -0.15) is 0 Å². The normalized spacial score (nSPS) is 14.3. The van der Waals surface area contributed by atoms with Crippen molar-refractivity contribution < 1.29 is 19.2 Å². The molecule has 1 aromatic heterocycles. The van der Waals surface area contributed by atoms with Gasteiger partial charge in [0.1, 0.15) is 6.33 Å². The zero-order chi connectivity index (χ0) is 21.7. The molecular weight excluding hydrogens is 390 g/mol. The summed E-state index contributed by atoms with van der Waals surface area (Å²) in [6, 6.07) is 6.66. The van der Waals surface area contributed by atoms with Crippen molar-refractivity contribution in [2.24, 2.45) is 5.92 Å². The van der Waals surface area contributed by atoms with Crippen LogP contribution in [0.1, 0.15) is 37.0 Å². The van der Waals surface area contributed by atoms with Gasteiger partial charge >= 0.3 is 11.7 Å². The van der Waals surface area contributed by atoms with E-state index in [2.05, 4.69) is 15.3 Å². The molecule has 0 bridgehead atoms. The number of aromatic nitrogens is 2. The number of carbonyl (C=O) groups excluding carboxylic acids is 2. The third-order valence-electron chi connectivity index (χ3n) is 4.93. The van der Waals surface area contributed by atoms with Gasteiger partial charge in [-0.1, -0.05) is 12.1 Å². The monoisotopic (exact) mass is 413 g/mol. The Morgan fingerprint density at radius 1 is 1.30 bits per heavy atom. The van der Waals surface area contributed by atoms with Gasteiger partial charge < -0.3 is 15.0 Å². The number of hydrogen-bond donors (Lipinski definition) is 1. The number of benzene rings is 1. The summed E-state index contributed by atoms with van der Waals surface area (Å²) in [5.41, 5.74) is 0.745. The number of hydrogen-bond acceptors (Lipinski definition) is 9. The molecule has 1 fully saturated rings. The predicted octanol–water partition coefficient (Wildman–Crippen LogP) is 3.11. The van der Waals surface area contributed by atoms with Crippen molar-refractivity contribution in [2.45, 2.75) is 26.7 Å². The Labute approximate surface area is 173 Å². The van der Waals surface area contributed by atoms with Crippen molar-refractivity contribution in [3.05, 3.63) is 46.3 Å². The van der Waals surface area contributed by atoms with Gasteiger partial charge in [0, 0.05) is 24.3 Å². The molecule has 1 N–H and O–H groups in total. The lowest BCUT2D eigenvalue weighted by Gasteiger charge is -2.31. The summed E-state index contributed by atoms with van der Waals surface area (Å²) in [6.07, 6.45) is 2.32. The maximum Gasteiger partial charge on any atom is 0.353 e. The molecule has 1 saturated heterocycles. The summed E-state index contributed by atoms with van der Waals surface area (Å²) in [7, 11) is 0. The largest absolute Gasteiger partial charge is 0.466 e. The first kappa shape index (κ1) is 21.2. The lowest BCUT2D eigenvalue weighted by Crippen LogP contribution is -2.37. The van der Waals surface area contributed by atoms with Crippen LogP contribution < -0.4 is 10.2 Å². The van der Waals surface area contributed by atoms with Crippen LogP contribution in [0.5, 0.6) is 0 Å². The van der Waals surface area contributed by atoms with E-state index < -0.39 is 4.92 Å². The Kier molecular flexibility index (Phi) is 6.55. The highest BCUT2D eigenvalue weighted by Crippen LogP contribution is 2.35. The Hall–Kier alpha value is -3.56. The zero-order valence-corrected chi connectivity index (χ0v) is 16.8. The summed E-state index contributed by atoms with van der Waals surface area (Å²) < 4.78 is 5.07. The maximum atomic E-state index is 11.9. The van der Waals surface area contributed by atoms with Crippen LogP contribution in [-0.2, 0) is 9.53 Å². The van der Waals surface area contributed by atoms with Crippen LogP contribution in [0.25, 0.3) is 0 Å². The third-order valence-corrected chi connectivity index (χ3v) is 4.93. The number of nitro groups is 1. The van der Waals surface area contributed by atoms with E-state index in [4.69, 9.17) is 4.74 Å². The summed E-state index contributed by atoms with van der Waals surface area (Å²) >= 11 is 0. The highest BCUT2D eigenvalue weighted by molar-refractivity contribution is 5.95. The molecule has 1 aromatic carbocycles. The zero-order valence-electron chi connectivity index (χ0n) is 16.8. The van der Waals surface area contributed by atoms with E-state index in [1.807, 2.05) is 0 Å². The Morgan fingerprint density at radius 2 is 2.03 bits per heavy atom. The molecule has 0 spiro atoms. The van der Waals surface area contributed by atoms with Gasteiger partial charge in [0.25, 0.3) is 0 Å². The van der Waals surface area contributed by atoms with E-state index in [0.29, 0.717) is 43.8 Å². The van der Waals surface area contributed by atoms with Crippen molar-refractivity contribution in [1.82, 2.24) is 9.97 Å². The van der Waals surface area contributed by atoms with Crippen molar-refractivity contribution in [3.8, 4) is 0 Å². The van der Waals surface area contributed by atoms with Crippen LogP contribution in [-0.4, -0.2) is 46.3 Å². The number of Topliss-reactive ketones (excluding diaryl/α,β-unsaturated/α-hetero) is 1. The Bertz CT molecular complexity index is 956. The van der Waals surface area contributed by atoms with Gasteiger partial charge in [0.05, 0.1) is 17.4 Å². The van der Waals surface area contributed by atoms with Crippen LogP contribution in [0, 0.1) is 16.0 Å². The quantitative estimate of drug-likeness (QED) is 0.315. The lowest BCUT2D eigenvalue weighted by atomic mass is 9.97. The second-order valence-corrected chi connectivity index (χ2v) is 6.93. The second kappa shape index (κ2) is 9.29. The first-order valence-corrected chi connectivity index (χ1v) is 9.69. The van der Waals surface area contributed by atoms with Gasteiger partial charge in [-0.25, -0.2) is 9.97 Å². The molecule has 1 aliphatic rings. The maximum absolute atomic E-state index is 11.9. The number of nitrogens with one attached hydrogen (secondary N) is 1. The number of rotatable bonds is 7. The van der Waals surface area contributed by atoms with Crippen LogP contribution in [0.2, 0.25) is 0 Å². The Balaban J connectivity index is 1.84. The smallest absolute Gasteiger partial charge is 0.353 e. The molecule has 0 aliphatic carbocycles. The number of ether oxygens (including phenoxy) is 1. The number of piperidine rings is 1. The van der Waals surface area contributed by atoms with Crippen LogP contribution in [0.3, 0.4) is 0 Å². The molecule has 10 nitrogen and oxygen atoms in total. The fraction of sp³-hybridized carbons (Fsp3) is 0.400. The van der Waals surface area contributed by atoms with Crippen LogP contribution >= 0.6 is 0 Å². The van der Waals surface area contributed by atoms with Crippen molar-refractivity contribution >= 4 is 34.8 Å². The first-order chi connectivity index (χ1) is 14.4. The minimum absolute atomic E-state index is 0.0400. The highest BCUT2D eigenvalue weighted by atomic mass is 16.6. The van der Waals surface area contributed by atoms with E-state index in [-0.39, 0.29) is 35.0 Å². The second-order valence-electron chi connectivity index (χ2n) is 6.93. The van der Waals surface area contributed by atoms with Crippen LogP contribution in [0.4, 0.5) is 23.0 Å². The molecule has 2 aromatic rings. The molecule has 30 heavy (non-hydrogen) atoms. The molecule has 1 aliphatic heterocycles. The van der Waals surface area contributed by atoms with E-state index in [1.54, 1.807) is 36.1 Å². The van der Waals surface area contributed by atoms with Gasteiger partial charge in [-0.15, -0.1) is 0 Å². The SMILES string of the molecule is CCOC(=O)C1CCN(c2ncnc(Nc3cccc(C(C)=O)c3)c2[N+](=O)[O-])CC1. The summed E-state index contributed by atoms with van der Waals surface area (Å²) in [5.74, 6) is -0.321. The summed E-state index contributed by atoms with van der Waals surface area (Å²) in [5, 5.41) is 14.8. The molecule has 2 heterocycles. The van der Waals surface area contributed by atoms with E-state index in [0.717, 1.165) is 0 Å². The average molecular weight is 413 g/mol. The molecule has 3 rings (SSSR count). The fourth-order valence-corrected chi connectivity index (χ4v) is 3.40. The van der Waals surface area contributed by atoms with Crippen LogP contribution in [0.15, 0.2) is 30.6 Å². The molecule has 0 unspecified atom stereocenters. The Morgan fingerprint density at radius 3 is 2.67 bits per heavy atom. The number of esters is 1. The first-order valence-electron chi connectivity index (χ1n) is 9.69. The van der Waals surface area contributed by atoms with Crippen molar-refractivity contribution in [1.29, 1.82) is 0 Å². The molecule has 10 heteroatoms. The molecule has 0 amide bonds. The molecule has 158 valence electrons. The van der Waals surface area contributed by atoms with Crippen molar-refractivity contribution in [2.75, 3.05) is 29.9 Å². The third kappa shape index (κ3) is 4.70. The fourth-order valence-electron chi connectivity index (χ4n) is 3.40. The minimum atomic E-state index is -0.524. The molecular formula is C20H23N5O5. The number of ketones is 1. The van der Waals surface area contributed by atoms with E-state index in [9.17, 15) is 19.7 Å². The van der Waals surface area contributed by atoms with Gasteiger partial charge in [-0.05, 0) is 38.8 Å². The molecule has 0 atom stereocenters. The lowest BCUT2D eigenvalue weighted by molar-refractivity contribution is -0.383. The molecule has 0 saturated carbocycles. The van der Waals surface area contributed by atoms with E-state index >= 15 is 0 Å². The van der Waals surface area contributed by atoms with Crippen molar-refractivity contribution in [3.63, 3.8) is 0 Å². The van der Waals surface area contributed by atoms with Gasteiger partial charge in [-0.3, -0.25) is 19.7 Å². The summed E-state index contributed by atoms with van der Waals surface area (Å²) in [6.45, 7) is 4.43. The highest BCUT2D eigenvalue weighted by Gasteiger charge is 2.32. The van der Waals surface area contributed by atoms with Gasteiger partial charge in [0.15, 0.2) is 5.78 Å². The van der Waals surface area contributed by atoms with E-state index in [1.165, 1.54) is 13.3 Å². The minimum Gasteiger partial charge on any atom is -0.466 e. The predicted molar refractivity (Wildman–Crippen MR) is 110 cm³/mol. The number of anilines is 3. The number of carbonyl (C=O) groups is 2. The topological polar surface area (TPSA) is 128 Å².